The molecule has 0 aliphatic carbocycles. The zero-order chi connectivity index (χ0) is 13.0. The average molecular weight is 262 g/mol. The van der Waals surface area contributed by atoms with Gasteiger partial charge in [-0.25, -0.2) is 0 Å². The Bertz CT molecular complexity index is 492. The highest BCUT2D eigenvalue weighted by atomic mass is 32.1. The molecule has 0 saturated carbocycles. The molecule has 2 aromatic heterocycles. The van der Waals surface area contributed by atoms with Crippen LogP contribution in [0.2, 0.25) is 0 Å². The molecule has 0 spiro atoms. The number of unbranched alkanes of at least 4 members (excludes halogenated alkanes) is 1. The van der Waals surface area contributed by atoms with Crippen molar-refractivity contribution in [1.29, 1.82) is 0 Å². The molecule has 98 valence electrons. The van der Waals surface area contributed by atoms with Gasteiger partial charge in [-0.05, 0) is 43.3 Å². The van der Waals surface area contributed by atoms with Crippen molar-refractivity contribution in [3.05, 3.63) is 29.3 Å². The highest BCUT2D eigenvalue weighted by molar-refractivity contribution is 7.17. The predicted molar refractivity (Wildman–Crippen MR) is 80.2 cm³/mol. The standard InChI is InChI=1S/C15H22N2S/c1-4-5-6-11(2)17-12(3)13-9-15-14(16-10-13)7-8-18-15/h7-12,17H,4-6H2,1-3H3. The lowest BCUT2D eigenvalue weighted by Crippen LogP contribution is -2.28. The molecule has 2 nitrogen and oxygen atoms in total. The normalized spacial score (nSPS) is 14.8. The van der Waals surface area contributed by atoms with Gasteiger partial charge in [0.2, 0.25) is 0 Å². The Morgan fingerprint density at radius 2 is 2.22 bits per heavy atom. The largest absolute Gasteiger partial charge is 0.308 e. The number of fused-ring (bicyclic) bond motifs is 1. The Balaban J connectivity index is 2.01. The summed E-state index contributed by atoms with van der Waals surface area (Å²) >= 11 is 1.76. The number of nitrogens with one attached hydrogen (secondary N) is 1. The van der Waals surface area contributed by atoms with E-state index in [1.165, 1.54) is 29.5 Å². The van der Waals surface area contributed by atoms with Crippen LogP contribution in [0, 0.1) is 0 Å². The fraction of sp³-hybridized carbons (Fsp3) is 0.533. The van der Waals surface area contributed by atoms with Crippen molar-refractivity contribution in [2.45, 2.75) is 52.1 Å². The number of hydrogen-bond donors (Lipinski definition) is 1. The molecule has 18 heavy (non-hydrogen) atoms. The number of nitrogens with zero attached hydrogens (tertiary/aromatic N) is 1. The van der Waals surface area contributed by atoms with Gasteiger partial charge in [-0.15, -0.1) is 11.3 Å². The zero-order valence-corrected chi connectivity index (χ0v) is 12.3. The second-order valence-electron chi connectivity index (χ2n) is 5.00. The molecule has 0 fully saturated rings. The summed E-state index contributed by atoms with van der Waals surface area (Å²) in [6, 6.07) is 5.28. The molecule has 2 atom stereocenters. The van der Waals surface area contributed by atoms with Crippen molar-refractivity contribution < 1.29 is 0 Å². The number of thiophene rings is 1. The molecule has 2 rings (SSSR count). The monoisotopic (exact) mass is 262 g/mol. The first kappa shape index (κ1) is 13.5. The molecule has 0 saturated heterocycles. The van der Waals surface area contributed by atoms with E-state index in [1.807, 2.05) is 6.20 Å². The van der Waals surface area contributed by atoms with Crippen LogP contribution in [-0.2, 0) is 0 Å². The number of rotatable bonds is 6. The van der Waals surface area contributed by atoms with Crippen LogP contribution >= 0.6 is 11.3 Å². The van der Waals surface area contributed by atoms with Crippen molar-refractivity contribution >= 4 is 21.6 Å². The number of pyridine rings is 1. The van der Waals surface area contributed by atoms with Crippen molar-refractivity contribution in [1.82, 2.24) is 10.3 Å². The van der Waals surface area contributed by atoms with Crippen LogP contribution in [0.25, 0.3) is 10.2 Å². The molecule has 0 aromatic carbocycles. The van der Waals surface area contributed by atoms with E-state index in [-0.39, 0.29) is 0 Å². The van der Waals surface area contributed by atoms with Crippen LogP contribution in [0.1, 0.15) is 51.6 Å². The Kier molecular flexibility index (Phi) is 4.72. The Hall–Kier alpha value is -0.930. The van der Waals surface area contributed by atoms with E-state index in [1.54, 1.807) is 11.3 Å². The molecule has 0 radical (unpaired) electrons. The molecule has 3 heteroatoms. The Morgan fingerprint density at radius 3 is 3.00 bits per heavy atom. The Morgan fingerprint density at radius 1 is 1.39 bits per heavy atom. The summed E-state index contributed by atoms with van der Waals surface area (Å²) in [6.45, 7) is 6.73. The summed E-state index contributed by atoms with van der Waals surface area (Å²) in [7, 11) is 0. The summed E-state index contributed by atoms with van der Waals surface area (Å²) in [4.78, 5) is 4.50. The molecule has 0 amide bonds. The van der Waals surface area contributed by atoms with Gasteiger partial charge in [0.1, 0.15) is 0 Å². The smallest absolute Gasteiger partial charge is 0.0809 e. The lowest BCUT2D eigenvalue weighted by molar-refractivity contribution is 0.444. The van der Waals surface area contributed by atoms with Crippen LogP contribution in [0.5, 0.6) is 0 Å². The summed E-state index contributed by atoms with van der Waals surface area (Å²) in [5.41, 5.74) is 2.39. The third-order valence-corrected chi connectivity index (χ3v) is 4.20. The second kappa shape index (κ2) is 6.30. The molecule has 0 aliphatic rings. The first-order valence-corrected chi connectivity index (χ1v) is 7.68. The van der Waals surface area contributed by atoms with Crippen LogP contribution in [0.4, 0.5) is 0 Å². The maximum Gasteiger partial charge on any atom is 0.0809 e. The maximum absolute atomic E-state index is 4.50. The number of aromatic nitrogens is 1. The van der Waals surface area contributed by atoms with Gasteiger partial charge in [0.15, 0.2) is 0 Å². The molecular formula is C15H22N2S. The molecule has 2 heterocycles. The van der Waals surface area contributed by atoms with E-state index in [0.29, 0.717) is 12.1 Å². The van der Waals surface area contributed by atoms with Crippen LogP contribution < -0.4 is 5.32 Å². The third kappa shape index (κ3) is 3.30. The van der Waals surface area contributed by atoms with Crippen molar-refractivity contribution in [2.24, 2.45) is 0 Å². The van der Waals surface area contributed by atoms with E-state index in [0.717, 1.165) is 5.52 Å². The van der Waals surface area contributed by atoms with Gasteiger partial charge in [0, 0.05) is 18.3 Å². The van der Waals surface area contributed by atoms with Crippen molar-refractivity contribution in [3.8, 4) is 0 Å². The van der Waals surface area contributed by atoms with Crippen molar-refractivity contribution in [3.63, 3.8) is 0 Å². The van der Waals surface area contributed by atoms with Gasteiger partial charge in [0.05, 0.1) is 10.2 Å². The van der Waals surface area contributed by atoms with E-state index >= 15 is 0 Å². The topological polar surface area (TPSA) is 24.9 Å². The minimum absolute atomic E-state index is 0.371. The van der Waals surface area contributed by atoms with Gasteiger partial charge in [0.25, 0.3) is 0 Å². The third-order valence-electron chi connectivity index (χ3n) is 3.35. The van der Waals surface area contributed by atoms with Crippen LogP contribution in [0.15, 0.2) is 23.7 Å². The van der Waals surface area contributed by atoms with E-state index < -0.39 is 0 Å². The van der Waals surface area contributed by atoms with Crippen molar-refractivity contribution in [2.75, 3.05) is 0 Å². The van der Waals surface area contributed by atoms with Gasteiger partial charge < -0.3 is 5.32 Å². The SMILES string of the molecule is CCCCC(C)NC(C)c1cnc2ccsc2c1. The summed E-state index contributed by atoms with van der Waals surface area (Å²) < 4.78 is 1.28. The molecule has 0 aliphatic heterocycles. The minimum atomic E-state index is 0.371. The lowest BCUT2D eigenvalue weighted by Gasteiger charge is -2.20. The van der Waals surface area contributed by atoms with Gasteiger partial charge in [-0.1, -0.05) is 19.8 Å². The van der Waals surface area contributed by atoms with E-state index in [2.05, 4.69) is 48.6 Å². The lowest BCUT2D eigenvalue weighted by atomic mass is 10.1. The summed E-state index contributed by atoms with van der Waals surface area (Å²) in [5, 5.41) is 5.75. The van der Waals surface area contributed by atoms with Gasteiger partial charge in [-0.3, -0.25) is 4.98 Å². The molecule has 1 N–H and O–H groups in total. The van der Waals surface area contributed by atoms with Gasteiger partial charge in [-0.2, -0.15) is 0 Å². The van der Waals surface area contributed by atoms with Crippen LogP contribution in [0.3, 0.4) is 0 Å². The second-order valence-corrected chi connectivity index (χ2v) is 5.95. The fourth-order valence-corrected chi connectivity index (χ4v) is 3.00. The first-order chi connectivity index (χ1) is 8.70. The Labute approximate surface area is 113 Å². The number of hydrogen-bond acceptors (Lipinski definition) is 3. The minimum Gasteiger partial charge on any atom is -0.308 e. The van der Waals surface area contributed by atoms with Crippen LogP contribution in [-0.4, -0.2) is 11.0 Å². The van der Waals surface area contributed by atoms with E-state index in [9.17, 15) is 0 Å². The fourth-order valence-electron chi connectivity index (χ4n) is 2.22. The van der Waals surface area contributed by atoms with Gasteiger partial charge >= 0.3 is 0 Å². The summed E-state index contributed by atoms with van der Waals surface area (Å²) in [5.74, 6) is 0. The maximum atomic E-state index is 4.50. The zero-order valence-electron chi connectivity index (χ0n) is 11.4. The summed E-state index contributed by atoms with van der Waals surface area (Å²) in [6.07, 6.45) is 5.81. The molecule has 2 aromatic rings. The molecular weight excluding hydrogens is 240 g/mol. The average Bonchev–Trinajstić information content (AvgIpc) is 2.83. The molecule has 2 unspecified atom stereocenters. The highest BCUT2D eigenvalue weighted by Crippen LogP contribution is 2.23. The first-order valence-electron chi connectivity index (χ1n) is 6.80. The quantitative estimate of drug-likeness (QED) is 0.827. The predicted octanol–water partition coefficient (Wildman–Crippen LogP) is 4.53. The highest BCUT2D eigenvalue weighted by Gasteiger charge is 2.10. The van der Waals surface area contributed by atoms with E-state index in [4.69, 9.17) is 0 Å². The molecule has 0 bridgehead atoms.